The Morgan fingerprint density at radius 1 is 1.75 bits per heavy atom. The third-order valence-electron chi connectivity index (χ3n) is 0.716. The average molecular weight is 121 g/mol. The number of thiophene rings is 1. The van der Waals surface area contributed by atoms with E-state index in [1.54, 1.807) is 11.4 Å². The van der Waals surface area contributed by atoms with Crippen molar-refractivity contribution in [2.75, 3.05) is 0 Å². The first-order valence-electron chi connectivity index (χ1n) is 2.04. The summed E-state index contributed by atoms with van der Waals surface area (Å²) >= 11 is 1.37. The van der Waals surface area contributed by atoms with Gasteiger partial charge in [0.1, 0.15) is 0 Å². The van der Waals surface area contributed by atoms with Gasteiger partial charge in [0.05, 0.1) is 6.57 Å². The van der Waals surface area contributed by atoms with Gasteiger partial charge in [-0.3, -0.25) is 0 Å². The van der Waals surface area contributed by atoms with Crippen LogP contribution in [0.3, 0.4) is 0 Å². The van der Waals surface area contributed by atoms with Crippen molar-refractivity contribution in [1.29, 1.82) is 0 Å². The molecule has 0 atom stereocenters. The Balaban J connectivity index is 3.05. The minimum atomic E-state index is 0.655. The van der Waals surface area contributed by atoms with E-state index in [-0.39, 0.29) is 0 Å². The lowest BCUT2D eigenvalue weighted by Crippen LogP contribution is -1.49. The molecule has 0 saturated carbocycles. The number of nitrogens with zero attached hydrogens (tertiary/aromatic N) is 1. The van der Waals surface area contributed by atoms with Gasteiger partial charge in [-0.2, -0.15) is 11.3 Å². The predicted molar refractivity (Wildman–Crippen MR) is 34.0 cm³/mol. The Morgan fingerprint density at radius 3 is 2.75 bits per heavy atom. The largest absolute Gasteiger partial charge is 0.241 e. The second kappa shape index (κ2) is 1.97. The normalized spacial score (nSPS) is 8.50. The van der Waals surface area contributed by atoms with Crippen LogP contribution < -0.4 is 0 Å². The fourth-order valence-corrected chi connectivity index (χ4v) is 0.979. The second-order valence-electron chi connectivity index (χ2n) is 1.33. The first-order valence-corrected chi connectivity index (χ1v) is 2.92. The van der Waals surface area contributed by atoms with Gasteiger partial charge in [0.2, 0.25) is 5.00 Å². The second-order valence-corrected chi connectivity index (χ2v) is 2.22. The molecule has 2 heteroatoms. The van der Waals surface area contributed by atoms with Gasteiger partial charge in [0.25, 0.3) is 0 Å². The maximum atomic E-state index is 6.54. The SMILES string of the molecule is [C-]#[N+]c1cc([CH])cs1. The Labute approximate surface area is 52.4 Å². The summed E-state index contributed by atoms with van der Waals surface area (Å²) in [6.45, 7) is 11.9. The minimum absolute atomic E-state index is 0.655. The van der Waals surface area contributed by atoms with Gasteiger partial charge in [-0.25, -0.2) is 4.85 Å². The van der Waals surface area contributed by atoms with E-state index in [2.05, 4.69) is 4.85 Å². The molecule has 1 nitrogen and oxygen atoms in total. The number of hydrogen-bond donors (Lipinski definition) is 0. The van der Waals surface area contributed by atoms with E-state index in [1.807, 2.05) is 0 Å². The van der Waals surface area contributed by atoms with Crippen molar-refractivity contribution in [1.82, 2.24) is 0 Å². The fraction of sp³-hybridized carbons (Fsp3) is 0. The molecule has 0 unspecified atom stereocenters. The topological polar surface area (TPSA) is 4.36 Å². The van der Waals surface area contributed by atoms with Crippen LogP contribution in [0.2, 0.25) is 0 Å². The number of hydrogen-bond acceptors (Lipinski definition) is 1. The predicted octanol–water partition coefficient (Wildman–Crippen LogP) is 2.36. The Morgan fingerprint density at radius 2 is 2.50 bits per heavy atom. The highest BCUT2D eigenvalue weighted by Crippen LogP contribution is 2.21. The van der Waals surface area contributed by atoms with E-state index in [1.165, 1.54) is 11.3 Å². The molecule has 1 heterocycles. The van der Waals surface area contributed by atoms with Crippen LogP contribution in [0, 0.1) is 13.5 Å². The van der Waals surface area contributed by atoms with Gasteiger partial charge in [-0.1, -0.05) is 0 Å². The van der Waals surface area contributed by atoms with Crippen LogP contribution in [-0.2, 0) is 0 Å². The Bertz CT molecular complexity index is 219. The molecule has 8 heavy (non-hydrogen) atoms. The zero-order chi connectivity index (χ0) is 5.98. The van der Waals surface area contributed by atoms with E-state index in [4.69, 9.17) is 13.5 Å². The molecule has 0 spiro atoms. The molecule has 0 bridgehead atoms. The summed E-state index contributed by atoms with van der Waals surface area (Å²) in [5.41, 5.74) is 0.681. The minimum Gasteiger partial charge on any atom is -0.227 e. The quantitative estimate of drug-likeness (QED) is 0.464. The van der Waals surface area contributed by atoms with Crippen LogP contribution >= 0.6 is 11.3 Å². The molecule has 38 valence electrons. The van der Waals surface area contributed by atoms with Crippen LogP contribution in [0.25, 0.3) is 4.85 Å². The summed E-state index contributed by atoms with van der Waals surface area (Å²) in [6, 6.07) is 1.66. The zero-order valence-corrected chi connectivity index (χ0v) is 4.90. The van der Waals surface area contributed by atoms with E-state index in [9.17, 15) is 0 Å². The van der Waals surface area contributed by atoms with E-state index < -0.39 is 0 Å². The molecule has 0 saturated heterocycles. The monoisotopic (exact) mass is 121 g/mol. The summed E-state index contributed by atoms with van der Waals surface area (Å²) in [4.78, 5) is 3.18. The van der Waals surface area contributed by atoms with Crippen LogP contribution in [0.4, 0.5) is 5.00 Å². The molecule has 0 fully saturated rings. The molecule has 0 amide bonds. The van der Waals surface area contributed by atoms with Crippen LogP contribution in [-0.4, -0.2) is 0 Å². The third-order valence-corrected chi connectivity index (χ3v) is 1.56. The average Bonchev–Trinajstić information content (AvgIpc) is 2.14. The van der Waals surface area contributed by atoms with Crippen LogP contribution in [0.15, 0.2) is 11.4 Å². The van der Waals surface area contributed by atoms with Gasteiger partial charge in [0.15, 0.2) is 0 Å². The van der Waals surface area contributed by atoms with E-state index >= 15 is 0 Å². The molecule has 1 aromatic heterocycles. The van der Waals surface area contributed by atoms with Crippen LogP contribution in [0.5, 0.6) is 0 Å². The van der Waals surface area contributed by atoms with E-state index in [0.29, 0.717) is 10.6 Å². The third kappa shape index (κ3) is 0.877. The molecule has 0 N–H and O–H groups in total. The molecular formula is C6H3NS. The summed E-state index contributed by atoms with van der Waals surface area (Å²) in [6.07, 6.45) is 0. The van der Waals surface area contributed by atoms with Crippen molar-refractivity contribution in [2.24, 2.45) is 0 Å². The summed E-state index contributed by atoms with van der Waals surface area (Å²) in [5.74, 6) is 0. The molecule has 1 aromatic rings. The van der Waals surface area contributed by atoms with Gasteiger partial charge >= 0.3 is 0 Å². The standard InChI is InChI=1S/C6H3NS/c1-5-3-6(7-2)8-4-5/h1,3-4H. The van der Waals surface area contributed by atoms with Crippen molar-refractivity contribution in [3.63, 3.8) is 0 Å². The Hall–Kier alpha value is -0.810. The highest BCUT2D eigenvalue weighted by Gasteiger charge is 1.90. The molecule has 2 radical (unpaired) electrons. The number of rotatable bonds is 0. The maximum Gasteiger partial charge on any atom is 0.241 e. The highest BCUT2D eigenvalue weighted by atomic mass is 32.1. The van der Waals surface area contributed by atoms with Gasteiger partial charge in [-0.15, -0.1) is 0 Å². The lowest BCUT2D eigenvalue weighted by molar-refractivity contribution is 1.79. The molecule has 0 aliphatic carbocycles. The molecule has 0 aliphatic rings. The van der Waals surface area contributed by atoms with E-state index in [0.717, 1.165) is 0 Å². The smallest absolute Gasteiger partial charge is 0.227 e. The highest BCUT2D eigenvalue weighted by molar-refractivity contribution is 7.14. The first-order chi connectivity index (χ1) is 3.83. The van der Waals surface area contributed by atoms with Crippen molar-refractivity contribution in [3.8, 4) is 0 Å². The zero-order valence-electron chi connectivity index (χ0n) is 4.09. The molecule has 0 aromatic carbocycles. The Kier molecular flexibility index (Phi) is 1.32. The van der Waals surface area contributed by atoms with Crippen LogP contribution in [0.1, 0.15) is 5.56 Å². The van der Waals surface area contributed by atoms with Crippen molar-refractivity contribution >= 4 is 16.3 Å². The van der Waals surface area contributed by atoms with Gasteiger partial charge < -0.3 is 0 Å². The van der Waals surface area contributed by atoms with Crippen molar-refractivity contribution in [2.45, 2.75) is 0 Å². The molecular weight excluding hydrogens is 118 g/mol. The maximum absolute atomic E-state index is 6.54. The lowest BCUT2D eigenvalue weighted by Gasteiger charge is -1.68. The molecule has 0 aliphatic heterocycles. The molecule has 1 rings (SSSR count). The summed E-state index contributed by atoms with van der Waals surface area (Å²) in [7, 11) is 0. The van der Waals surface area contributed by atoms with Crippen molar-refractivity contribution < 1.29 is 0 Å². The lowest BCUT2D eigenvalue weighted by atomic mass is 10.4. The summed E-state index contributed by atoms with van der Waals surface area (Å²) < 4.78 is 0. The fourth-order valence-electron chi connectivity index (χ4n) is 0.398. The van der Waals surface area contributed by atoms with Gasteiger partial charge in [0, 0.05) is 0 Å². The first kappa shape index (κ1) is 5.33. The van der Waals surface area contributed by atoms with Gasteiger partial charge in [-0.05, 0) is 23.9 Å². The summed E-state index contributed by atoms with van der Waals surface area (Å²) in [5, 5.41) is 2.41. The van der Waals surface area contributed by atoms with Crippen molar-refractivity contribution in [3.05, 3.63) is 35.4 Å².